The van der Waals surface area contributed by atoms with Crippen LogP contribution >= 0.6 is 0 Å². The highest BCUT2D eigenvalue weighted by Crippen LogP contribution is 2.24. The molecule has 0 amide bonds. The van der Waals surface area contributed by atoms with E-state index in [4.69, 9.17) is 10.8 Å². The molecule has 3 N–H and O–H groups in total. The molecule has 0 fully saturated rings. The highest BCUT2D eigenvalue weighted by atomic mass is 16.3. The lowest BCUT2D eigenvalue weighted by Gasteiger charge is -2.05. The fourth-order valence-electron chi connectivity index (χ4n) is 1.77. The molecule has 74 valence electrons. The number of rotatable bonds is 2. The summed E-state index contributed by atoms with van der Waals surface area (Å²) in [5.74, 6) is 0. The van der Waals surface area contributed by atoms with Gasteiger partial charge in [0.05, 0.1) is 12.6 Å². The molecule has 0 aliphatic heterocycles. The van der Waals surface area contributed by atoms with Gasteiger partial charge in [-0.05, 0) is 11.6 Å². The Morgan fingerprint density at radius 2 is 2.14 bits per heavy atom. The Morgan fingerprint density at radius 1 is 1.43 bits per heavy atom. The largest absolute Gasteiger partial charge is 0.394 e. The highest BCUT2D eigenvalue weighted by Gasteiger charge is 2.11. The van der Waals surface area contributed by atoms with E-state index in [1.807, 2.05) is 42.1 Å². The van der Waals surface area contributed by atoms with Crippen molar-refractivity contribution in [3.63, 3.8) is 0 Å². The van der Waals surface area contributed by atoms with E-state index in [-0.39, 0.29) is 12.6 Å². The van der Waals surface area contributed by atoms with Crippen molar-refractivity contribution < 1.29 is 5.11 Å². The minimum absolute atomic E-state index is 0.0198. The third kappa shape index (κ3) is 1.31. The maximum absolute atomic E-state index is 9.02. The molecule has 0 aliphatic rings. The third-order valence-corrected chi connectivity index (χ3v) is 2.52. The molecule has 0 saturated carbocycles. The van der Waals surface area contributed by atoms with Crippen LogP contribution in [0.15, 0.2) is 30.5 Å². The number of nitrogens with zero attached hydrogens (tertiary/aromatic N) is 1. The molecule has 3 heteroatoms. The molecule has 0 aliphatic carbocycles. The van der Waals surface area contributed by atoms with E-state index >= 15 is 0 Å². The predicted octanol–water partition coefficient (Wildman–Crippen LogP) is 1.17. The van der Waals surface area contributed by atoms with Gasteiger partial charge in [-0.1, -0.05) is 18.2 Å². The monoisotopic (exact) mass is 190 g/mol. The molecule has 3 nitrogen and oxygen atoms in total. The van der Waals surface area contributed by atoms with Gasteiger partial charge in [0, 0.05) is 24.1 Å². The lowest BCUT2D eigenvalue weighted by molar-refractivity contribution is 0.268. The summed E-state index contributed by atoms with van der Waals surface area (Å²) in [4.78, 5) is 0. The molecule has 0 bridgehead atoms. The van der Waals surface area contributed by atoms with Gasteiger partial charge in [0.15, 0.2) is 0 Å². The zero-order valence-corrected chi connectivity index (χ0v) is 8.14. The topological polar surface area (TPSA) is 51.2 Å². The summed E-state index contributed by atoms with van der Waals surface area (Å²) in [7, 11) is 1.98. The Kier molecular flexibility index (Phi) is 2.27. The van der Waals surface area contributed by atoms with Crippen LogP contribution in [0, 0.1) is 0 Å². The summed E-state index contributed by atoms with van der Waals surface area (Å²) >= 11 is 0. The number of aryl methyl sites for hydroxylation is 1. The van der Waals surface area contributed by atoms with Crippen LogP contribution in [0.5, 0.6) is 0 Å². The Hall–Kier alpha value is -1.32. The molecular weight excluding hydrogens is 176 g/mol. The average molecular weight is 190 g/mol. The van der Waals surface area contributed by atoms with E-state index < -0.39 is 0 Å². The van der Waals surface area contributed by atoms with Gasteiger partial charge in [0.2, 0.25) is 0 Å². The van der Waals surface area contributed by atoms with Crippen LogP contribution in [0.4, 0.5) is 0 Å². The van der Waals surface area contributed by atoms with Crippen molar-refractivity contribution in [2.24, 2.45) is 12.8 Å². The van der Waals surface area contributed by atoms with Gasteiger partial charge in [0.25, 0.3) is 0 Å². The summed E-state index contributed by atoms with van der Waals surface area (Å²) in [5, 5.41) is 10.1. The van der Waals surface area contributed by atoms with E-state index in [0.29, 0.717) is 0 Å². The number of hydrogen-bond donors (Lipinski definition) is 2. The summed E-state index contributed by atoms with van der Waals surface area (Å²) in [5.41, 5.74) is 7.96. The summed E-state index contributed by atoms with van der Waals surface area (Å²) in [6, 6.07) is 7.76. The quantitative estimate of drug-likeness (QED) is 0.747. The first-order chi connectivity index (χ1) is 6.74. The maximum atomic E-state index is 9.02. The fourth-order valence-corrected chi connectivity index (χ4v) is 1.77. The van der Waals surface area contributed by atoms with Crippen LogP contribution in [-0.2, 0) is 7.05 Å². The Labute approximate surface area is 82.8 Å². The zero-order chi connectivity index (χ0) is 10.1. The number of benzene rings is 1. The van der Waals surface area contributed by atoms with E-state index in [0.717, 1.165) is 16.5 Å². The molecule has 2 rings (SSSR count). The van der Waals surface area contributed by atoms with Gasteiger partial charge in [0.1, 0.15) is 0 Å². The van der Waals surface area contributed by atoms with Crippen molar-refractivity contribution in [3.8, 4) is 0 Å². The van der Waals surface area contributed by atoms with Crippen LogP contribution in [-0.4, -0.2) is 16.3 Å². The molecule has 2 aromatic rings. The second kappa shape index (κ2) is 3.44. The van der Waals surface area contributed by atoms with Crippen LogP contribution < -0.4 is 5.73 Å². The van der Waals surface area contributed by atoms with Crippen LogP contribution in [0.3, 0.4) is 0 Å². The molecule has 1 unspecified atom stereocenters. The zero-order valence-electron chi connectivity index (χ0n) is 8.14. The number of hydrogen-bond acceptors (Lipinski definition) is 2. The molecule has 1 heterocycles. The van der Waals surface area contributed by atoms with Crippen molar-refractivity contribution in [3.05, 3.63) is 36.0 Å². The highest BCUT2D eigenvalue weighted by molar-refractivity contribution is 5.84. The van der Waals surface area contributed by atoms with Crippen molar-refractivity contribution in [1.82, 2.24) is 4.57 Å². The lowest BCUT2D eigenvalue weighted by atomic mass is 10.1. The van der Waals surface area contributed by atoms with Crippen molar-refractivity contribution in [2.75, 3.05) is 6.61 Å². The van der Waals surface area contributed by atoms with Crippen LogP contribution in [0.25, 0.3) is 10.9 Å². The van der Waals surface area contributed by atoms with Gasteiger partial charge in [-0.2, -0.15) is 0 Å². The summed E-state index contributed by atoms with van der Waals surface area (Å²) in [6.07, 6.45) is 1.98. The average Bonchev–Trinajstić information content (AvgIpc) is 2.56. The predicted molar refractivity (Wildman–Crippen MR) is 56.9 cm³/mol. The first kappa shape index (κ1) is 9.24. The first-order valence-corrected chi connectivity index (χ1v) is 4.64. The molecule has 0 saturated heterocycles. The van der Waals surface area contributed by atoms with Crippen molar-refractivity contribution in [1.29, 1.82) is 0 Å². The normalized spacial score (nSPS) is 13.4. The van der Waals surface area contributed by atoms with E-state index in [9.17, 15) is 0 Å². The van der Waals surface area contributed by atoms with Gasteiger partial charge < -0.3 is 15.4 Å². The van der Waals surface area contributed by atoms with Gasteiger partial charge in [-0.3, -0.25) is 0 Å². The second-order valence-corrected chi connectivity index (χ2v) is 3.50. The van der Waals surface area contributed by atoms with E-state index in [1.54, 1.807) is 0 Å². The standard InChI is InChI=1S/C11H14N2O/c1-13-6-9(10(12)7-14)8-4-2-3-5-11(8)13/h2-6,10,14H,7,12H2,1H3. The molecule has 14 heavy (non-hydrogen) atoms. The first-order valence-electron chi connectivity index (χ1n) is 4.64. The lowest BCUT2D eigenvalue weighted by Crippen LogP contribution is -2.13. The summed E-state index contributed by atoms with van der Waals surface area (Å²) in [6.45, 7) is -0.0198. The third-order valence-electron chi connectivity index (χ3n) is 2.52. The smallest absolute Gasteiger partial charge is 0.0625 e. The second-order valence-electron chi connectivity index (χ2n) is 3.50. The molecule has 0 radical (unpaired) electrons. The minimum Gasteiger partial charge on any atom is -0.394 e. The van der Waals surface area contributed by atoms with Gasteiger partial charge in [-0.25, -0.2) is 0 Å². The van der Waals surface area contributed by atoms with Crippen molar-refractivity contribution >= 4 is 10.9 Å². The number of para-hydroxylation sites is 1. The number of fused-ring (bicyclic) bond motifs is 1. The Bertz CT molecular complexity index is 447. The summed E-state index contributed by atoms with van der Waals surface area (Å²) < 4.78 is 2.03. The molecule has 1 aromatic heterocycles. The van der Waals surface area contributed by atoms with Gasteiger partial charge >= 0.3 is 0 Å². The fraction of sp³-hybridized carbons (Fsp3) is 0.273. The molecule has 1 aromatic carbocycles. The number of nitrogens with two attached hydrogens (primary N) is 1. The van der Waals surface area contributed by atoms with Crippen LogP contribution in [0.2, 0.25) is 0 Å². The minimum atomic E-state index is -0.291. The number of aliphatic hydroxyl groups is 1. The Balaban J connectivity index is 2.66. The van der Waals surface area contributed by atoms with Crippen LogP contribution in [0.1, 0.15) is 11.6 Å². The molecular formula is C11H14N2O. The number of aliphatic hydroxyl groups excluding tert-OH is 1. The number of aromatic nitrogens is 1. The molecule has 0 spiro atoms. The van der Waals surface area contributed by atoms with E-state index in [1.165, 1.54) is 0 Å². The maximum Gasteiger partial charge on any atom is 0.0625 e. The molecule has 1 atom stereocenters. The SMILES string of the molecule is Cn1cc(C(N)CO)c2ccccc21. The van der Waals surface area contributed by atoms with Crippen molar-refractivity contribution in [2.45, 2.75) is 6.04 Å². The van der Waals surface area contributed by atoms with E-state index in [2.05, 4.69) is 0 Å². The Morgan fingerprint density at radius 3 is 2.86 bits per heavy atom. The van der Waals surface area contributed by atoms with Gasteiger partial charge in [-0.15, -0.1) is 0 Å².